The van der Waals surface area contributed by atoms with Gasteiger partial charge in [-0.15, -0.1) is 47.0 Å². The topological polar surface area (TPSA) is 109 Å². The van der Waals surface area contributed by atoms with Crippen molar-refractivity contribution in [2.45, 2.75) is 19.6 Å². The molecule has 8 nitrogen and oxygen atoms in total. The maximum absolute atomic E-state index is 12.7. The standard InChI is InChI=1S/2C21H18N2O2S2/c2*1-23-19(13-6-10-15(27-3)11-7-13)17-16(21(23)25)18(22-20(17)24)12-4-8-14(26-2)9-5-12/h2*4-11,25H,1-3H3. The fourth-order valence-electron chi connectivity index (χ4n) is 6.72. The molecular formula is C42H36N4O4S4. The van der Waals surface area contributed by atoms with Gasteiger partial charge in [0.05, 0.1) is 45.1 Å². The smallest absolute Gasteiger partial charge is 0.280 e. The largest absolute Gasteiger partial charge is 0.494 e. The van der Waals surface area contributed by atoms with Crippen molar-refractivity contribution in [1.82, 2.24) is 9.13 Å². The highest BCUT2D eigenvalue weighted by molar-refractivity contribution is 7.99. The summed E-state index contributed by atoms with van der Waals surface area (Å²) in [7, 11) is 3.54. The number of hydrogen-bond acceptors (Lipinski definition) is 8. The molecule has 4 heterocycles. The summed E-state index contributed by atoms with van der Waals surface area (Å²) >= 11 is 6.63. The summed E-state index contributed by atoms with van der Waals surface area (Å²) in [4.78, 5) is 38.5. The van der Waals surface area contributed by atoms with Gasteiger partial charge < -0.3 is 19.3 Å². The minimum absolute atomic E-state index is 0.0625. The van der Waals surface area contributed by atoms with Gasteiger partial charge in [-0.2, -0.15) is 0 Å². The van der Waals surface area contributed by atoms with E-state index in [1.165, 1.54) is 0 Å². The van der Waals surface area contributed by atoms with Gasteiger partial charge in [0.15, 0.2) is 0 Å². The van der Waals surface area contributed by atoms with E-state index in [0.29, 0.717) is 45.1 Å². The lowest BCUT2D eigenvalue weighted by Crippen LogP contribution is -2.01. The van der Waals surface area contributed by atoms with Crippen LogP contribution in [0.15, 0.2) is 127 Å². The number of fused-ring (bicyclic) bond motifs is 2. The number of aromatic hydroxyl groups is 2. The Kier molecular flexibility index (Phi) is 10.7. The third-order valence-electron chi connectivity index (χ3n) is 9.51. The molecule has 8 rings (SSSR count). The van der Waals surface area contributed by atoms with Gasteiger partial charge in [-0.25, -0.2) is 9.98 Å². The highest BCUT2D eigenvalue weighted by atomic mass is 32.2. The number of carbonyl (C=O) groups excluding carboxylic acids is 2. The van der Waals surface area contributed by atoms with Crippen LogP contribution in [0.4, 0.5) is 0 Å². The van der Waals surface area contributed by atoms with Crippen molar-refractivity contribution in [1.29, 1.82) is 0 Å². The predicted molar refractivity (Wildman–Crippen MR) is 225 cm³/mol. The maximum Gasteiger partial charge on any atom is 0.280 e. The summed E-state index contributed by atoms with van der Waals surface area (Å²) in [5.41, 5.74) is 7.84. The van der Waals surface area contributed by atoms with Gasteiger partial charge in [0.25, 0.3) is 11.8 Å². The first kappa shape index (κ1) is 37.4. The van der Waals surface area contributed by atoms with Crippen molar-refractivity contribution in [2.24, 2.45) is 24.1 Å². The third-order valence-corrected chi connectivity index (χ3v) is 12.5. The number of benzene rings is 4. The van der Waals surface area contributed by atoms with Crippen molar-refractivity contribution >= 4 is 70.3 Å². The van der Waals surface area contributed by atoms with E-state index >= 15 is 0 Å². The van der Waals surface area contributed by atoms with E-state index in [1.807, 2.05) is 122 Å². The van der Waals surface area contributed by atoms with Crippen LogP contribution in [0.1, 0.15) is 43.0 Å². The molecule has 2 aromatic heterocycles. The van der Waals surface area contributed by atoms with Gasteiger partial charge in [-0.05, 0) is 84.7 Å². The maximum atomic E-state index is 12.7. The first-order valence-electron chi connectivity index (χ1n) is 16.8. The third kappa shape index (κ3) is 6.61. The Morgan fingerprint density at radius 2 is 0.685 bits per heavy atom. The van der Waals surface area contributed by atoms with Crippen LogP contribution in [0.25, 0.3) is 22.5 Å². The molecule has 6 aromatic rings. The molecule has 2 aliphatic heterocycles. The zero-order valence-corrected chi connectivity index (χ0v) is 33.6. The molecule has 0 spiro atoms. The minimum Gasteiger partial charge on any atom is -0.494 e. The highest BCUT2D eigenvalue weighted by Crippen LogP contribution is 2.42. The molecule has 0 atom stereocenters. The average Bonchev–Trinajstić information content (AvgIpc) is 3.90. The van der Waals surface area contributed by atoms with E-state index in [0.717, 1.165) is 41.8 Å². The Morgan fingerprint density at radius 1 is 0.426 bits per heavy atom. The van der Waals surface area contributed by atoms with Crippen molar-refractivity contribution in [3.05, 3.63) is 130 Å². The Hall–Kier alpha value is -4.88. The Morgan fingerprint density at radius 3 is 0.944 bits per heavy atom. The van der Waals surface area contributed by atoms with Crippen molar-refractivity contribution in [3.63, 3.8) is 0 Å². The molecule has 2 aliphatic rings. The quantitative estimate of drug-likeness (QED) is 0.147. The van der Waals surface area contributed by atoms with Crippen LogP contribution in [-0.2, 0) is 14.1 Å². The van der Waals surface area contributed by atoms with Gasteiger partial charge >= 0.3 is 0 Å². The molecule has 0 radical (unpaired) electrons. The van der Waals surface area contributed by atoms with Gasteiger partial charge in [0.2, 0.25) is 11.8 Å². The average molecular weight is 789 g/mol. The van der Waals surface area contributed by atoms with Gasteiger partial charge in [-0.1, -0.05) is 48.5 Å². The lowest BCUT2D eigenvalue weighted by molar-refractivity contribution is 0.0998. The lowest BCUT2D eigenvalue weighted by atomic mass is 10.0. The second-order valence-corrected chi connectivity index (χ2v) is 15.9. The molecule has 4 aromatic carbocycles. The minimum atomic E-state index is -0.311. The number of nitrogens with zero attached hydrogens (tertiary/aromatic N) is 4. The molecule has 54 heavy (non-hydrogen) atoms. The molecule has 2 N–H and O–H groups in total. The van der Waals surface area contributed by atoms with Gasteiger partial charge in [0.1, 0.15) is 0 Å². The molecule has 0 bridgehead atoms. The summed E-state index contributed by atoms with van der Waals surface area (Å²) in [5, 5.41) is 21.5. The number of carbonyl (C=O) groups is 2. The van der Waals surface area contributed by atoms with E-state index in [9.17, 15) is 19.8 Å². The summed E-state index contributed by atoms with van der Waals surface area (Å²) in [6.45, 7) is 0. The van der Waals surface area contributed by atoms with Gasteiger partial charge in [-0.3, -0.25) is 9.59 Å². The second kappa shape index (κ2) is 15.5. The molecule has 272 valence electrons. The van der Waals surface area contributed by atoms with Crippen LogP contribution in [0.3, 0.4) is 0 Å². The first-order chi connectivity index (χ1) is 26.1. The highest BCUT2D eigenvalue weighted by Gasteiger charge is 2.36. The van der Waals surface area contributed by atoms with E-state index < -0.39 is 0 Å². The number of aliphatic imine (C=N–C) groups is 2. The Bertz CT molecular complexity index is 2310. The van der Waals surface area contributed by atoms with Crippen LogP contribution in [-0.4, -0.2) is 67.6 Å². The molecule has 12 heteroatoms. The molecule has 0 aliphatic carbocycles. The summed E-state index contributed by atoms with van der Waals surface area (Å²) in [5.74, 6) is -0.498. The van der Waals surface area contributed by atoms with Gasteiger partial charge in [0, 0.05) is 44.8 Å². The summed E-state index contributed by atoms with van der Waals surface area (Å²) < 4.78 is 3.34. The fourth-order valence-corrected chi connectivity index (χ4v) is 8.36. The summed E-state index contributed by atoms with van der Waals surface area (Å²) in [6.07, 6.45) is 8.07. The zero-order chi connectivity index (χ0) is 38.3. The van der Waals surface area contributed by atoms with Crippen LogP contribution in [0, 0.1) is 0 Å². The van der Waals surface area contributed by atoms with Crippen LogP contribution >= 0.6 is 47.0 Å². The Balaban J connectivity index is 0.000000167. The Labute approximate surface area is 330 Å². The molecular weight excluding hydrogens is 753 g/mol. The van der Waals surface area contributed by atoms with Crippen LogP contribution in [0.5, 0.6) is 11.8 Å². The number of rotatable bonds is 8. The van der Waals surface area contributed by atoms with Crippen LogP contribution < -0.4 is 0 Å². The molecule has 0 unspecified atom stereocenters. The van der Waals surface area contributed by atoms with Crippen molar-refractivity contribution in [2.75, 3.05) is 25.0 Å². The molecule has 0 saturated carbocycles. The fraction of sp³-hybridized carbons (Fsp3) is 0.143. The van der Waals surface area contributed by atoms with Crippen molar-refractivity contribution < 1.29 is 19.8 Å². The first-order valence-corrected chi connectivity index (χ1v) is 21.7. The summed E-state index contributed by atoms with van der Waals surface area (Å²) in [6, 6.07) is 31.7. The number of thioether (sulfide) groups is 4. The number of aromatic nitrogens is 2. The predicted octanol–water partition coefficient (Wildman–Crippen LogP) is 9.67. The molecule has 2 amide bonds. The second-order valence-electron chi connectivity index (χ2n) is 12.4. The zero-order valence-electron chi connectivity index (χ0n) is 30.4. The monoisotopic (exact) mass is 788 g/mol. The normalized spacial score (nSPS) is 13.0. The van der Waals surface area contributed by atoms with Crippen LogP contribution in [0.2, 0.25) is 0 Å². The SMILES string of the molecule is CSc1ccc(C2=NC(=O)c3c2c(O)n(C)c3-c2ccc(SC)cc2)cc1.CSc1ccc(C2=NC(=O)c3c2c(O)n(C)c3-c2ccc(SC)cc2)cc1. The van der Waals surface area contributed by atoms with E-state index in [2.05, 4.69) is 9.98 Å². The van der Waals surface area contributed by atoms with E-state index in [4.69, 9.17) is 0 Å². The lowest BCUT2D eigenvalue weighted by Gasteiger charge is -2.07. The van der Waals surface area contributed by atoms with Crippen molar-refractivity contribution in [3.8, 4) is 34.3 Å². The molecule has 0 saturated heterocycles. The van der Waals surface area contributed by atoms with E-state index in [1.54, 1.807) is 70.3 Å². The molecule has 0 fully saturated rings. The number of hydrogen-bond donors (Lipinski definition) is 2. The van der Waals surface area contributed by atoms with E-state index in [-0.39, 0.29) is 23.6 Å². The number of amides is 2.